The van der Waals surface area contributed by atoms with Crippen molar-refractivity contribution in [1.29, 1.82) is 0 Å². The van der Waals surface area contributed by atoms with Gasteiger partial charge in [-0.05, 0) is 37.6 Å². The van der Waals surface area contributed by atoms with Gasteiger partial charge in [-0.2, -0.15) is 0 Å². The van der Waals surface area contributed by atoms with Crippen LogP contribution in [0.25, 0.3) is 11.4 Å². The van der Waals surface area contributed by atoms with Gasteiger partial charge in [0.05, 0.1) is 18.5 Å². The Bertz CT molecular complexity index is 789. The molecule has 0 aromatic carbocycles. The van der Waals surface area contributed by atoms with Crippen LogP contribution in [0.15, 0.2) is 48.0 Å². The maximum absolute atomic E-state index is 5.43. The second-order valence-electron chi connectivity index (χ2n) is 5.40. The second-order valence-corrected chi connectivity index (χ2v) is 6.34. The van der Waals surface area contributed by atoms with Crippen molar-refractivity contribution in [3.63, 3.8) is 0 Å². The van der Waals surface area contributed by atoms with E-state index in [2.05, 4.69) is 31.7 Å². The van der Waals surface area contributed by atoms with Crippen molar-refractivity contribution in [3.8, 4) is 17.1 Å². The number of nitrogens with zero attached hydrogens (tertiary/aromatic N) is 5. The van der Waals surface area contributed by atoms with Gasteiger partial charge in [-0.3, -0.25) is 9.97 Å². The molecule has 6 nitrogen and oxygen atoms in total. The van der Waals surface area contributed by atoms with Crippen LogP contribution in [0.1, 0.15) is 26.0 Å². The monoisotopic (exact) mass is 355 g/mol. The third-order valence-electron chi connectivity index (χ3n) is 3.56. The Morgan fingerprint density at radius 1 is 1.08 bits per heavy atom. The molecule has 0 amide bonds. The fourth-order valence-electron chi connectivity index (χ4n) is 2.42. The molecule has 0 saturated carbocycles. The summed E-state index contributed by atoms with van der Waals surface area (Å²) in [7, 11) is 0. The van der Waals surface area contributed by atoms with Crippen molar-refractivity contribution < 1.29 is 4.74 Å². The van der Waals surface area contributed by atoms with Crippen molar-refractivity contribution in [2.45, 2.75) is 37.7 Å². The number of thioether (sulfide) groups is 1. The minimum absolute atomic E-state index is 0.647. The molecule has 7 heteroatoms. The van der Waals surface area contributed by atoms with Gasteiger partial charge in [-0.1, -0.05) is 18.7 Å². The highest BCUT2D eigenvalue weighted by molar-refractivity contribution is 7.98. The van der Waals surface area contributed by atoms with Crippen LogP contribution < -0.4 is 4.74 Å². The Hall–Kier alpha value is -2.41. The molecule has 0 bridgehead atoms. The molecule has 3 rings (SSSR count). The largest absolute Gasteiger partial charge is 0.492 e. The van der Waals surface area contributed by atoms with Crippen LogP contribution in [0.2, 0.25) is 0 Å². The van der Waals surface area contributed by atoms with Gasteiger partial charge < -0.3 is 9.30 Å². The summed E-state index contributed by atoms with van der Waals surface area (Å²) in [5.74, 6) is 2.42. The van der Waals surface area contributed by atoms with Crippen LogP contribution in [0.4, 0.5) is 0 Å². The first-order valence-electron chi connectivity index (χ1n) is 8.36. The van der Waals surface area contributed by atoms with Crippen LogP contribution >= 0.6 is 11.8 Å². The molecule has 0 saturated heterocycles. The second kappa shape index (κ2) is 8.62. The van der Waals surface area contributed by atoms with Gasteiger partial charge in [0.15, 0.2) is 11.0 Å². The Kier molecular flexibility index (Phi) is 6.00. The zero-order chi connectivity index (χ0) is 17.5. The summed E-state index contributed by atoms with van der Waals surface area (Å²) in [4.78, 5) is 8.51. The summed E-state index contributed by atoms with van der Waals surface area (Å²) >= 11 is 1.65. The summed E-state index contributed by atoms with van der Waals surface area (Å²) in [5, 5.41) is 9.66. The summed E-state index contributed by atoms with van der Waals surface area (Å²) in [5.41, 5.74) is 2.02. The van der Waals surface area contributed by atoms with Crippen LogP contribution in [0.3, 0.4) is 0 Å². The van der Waals surface area contributed by atoms with Gasteiger partial charge in [0.1, 0.15) is 5.75 Å². The van der Waals surface area contributed by atoms with Gasteiger partial charge in [0, 0.05) is 30.3 Å². The lowest BCUT2D eigenvalue weighted by molar-refractivity contribution is 0.338. The van der Waals surface area contributed by atoms with Gasteiger partial charge in [0.25, 0.3) is 0 Å². The Morgan fingerprint density at radius 3 is 2.60 bits per heavy atom. The minimum Gasteiger partial charge on any atom is -0.492 e. The highest BCUT2D eigenvalue weighted by atomic mass is 32.2. The number of ether oxygens (including phenoxy) is 1. The van der Waals surface area contributed by atoms with Crippen molar-refractivity contribution in [1.82, 2.24) is 24.7 Å². The predicted molar refractivity (Wildman–Crippen MR) is 98.5 cm³/mol. The molecule has 0 aliphatic carbocycles. The molecule has 130 valence electrons. The molecule has 0 radical (unpaired) electrons. The average molecular weight is 355 g/mol. The Balaban J connectivity index is 1.75. The van der Waals surface area contributed by atoms with Crippen molar-refractivity contribution >= 4 is 11.8 Å². The lowest BCUT2D eigenvalue weighted by Crippen LogP contribution is -2.02. The Labute approximate surface area is 151 Å². The normalized spacial score (nSPS) is 10.8. The first-order valence-corrected chi connectivity index (χ1v) is 9.34. The quantitative estimate of drug-likeness (QED) is 0.572. The third-order valence-corrected chi connectivity index (χ3v) is 4.56. The standard InChI is InChI=1S/C18H21N5OS/c1-3-11-23-17(14-7-9-19-10-8-14)21-22-18(23)25-13-15-5-6-16(12-20-15)24-4-2/h5-10,12H,3-4,11,13H2,1-2H3. The fourth-order valence-corrected chi connectivity index (χ4v) is 3.30. The lowest BCUT2D eigenvalue weighted by atomic mass is 10.2. The van der Waals surface area contributed by atoms with Gasteiger partial charge in [0.2, 0.25) is 0 Å². The average Bonchev–Trinajstić information content (AvgIpc) is 3.05. The molecule has 0 unspecified atom stereocenters. The number of rotatable bonds is 8. The molecule has 0 aliphatic rings. The minimum atomic E-state index is 0.647. The van der Waals surface area contributed by atoms with E-state index in [-0.39, 0.29) is 0 Å². The van der Waals surface area contributed by atoms with E-state index >= 15 is 0 Å². The first kappa shape index (κ1) is 17.4. The Morgan fingerprint density at radius 2 is 1.92 bits per heavy atom. The van der Waals surface area contributed by atoms with Gasteiger partial charge in [-0.15, -0.1) is 10.2 Å². The van der Waals surface area contributed by atoms with Crippen molar-refractivity contribution in [3.05, 3.63) is 48.5 Å². The van der Waals surface area contributed by atoms with Crippen molar-refractivity contribution in [2.24, 2.45) is 0 Å². The highest BCUT2D eigenvalue weighted by Crippen LogP contribution is 2.26. The van der Waals surface area contributed by atoms with Gasteiger partial charge >= 0.3 is 0 Å². The number of pyridine rings is 2. The molecule has 0 aliphatic heterocycles. The van der Waals surface area contributed by atoms with Crippen molar-refractivity contribution in [2.75, 3.05) is 6.61 Å². The van der Waals surface area contributed by atoms with Crippen LogP contribution in [-0.4, -0.2) is 31.3 Å². The molecule has 3 aromatic rings. The van der Waals surface area contributed by atoms with E-state index in [0.29, 0.717) is 6.61 Å². The van der Waals surface area contributed by atoms with E-state index < -0.39 is 0 Å². The van der Waals surface area contributed by atoms with E-state index in [1.165, 1.54) is 0 Å². The SMILES string of the molecule is CCCn1c(SCc2ccc(OCC)cn2)nnc1-c1ccncc1. The molecule has 25 heavy (non-hydrogen) atoms. The maximum Gasteiger partial charge on any atom is 0.191 e. The summed E-state index contributed by atoms with van der Waals surface area (Å²) in [6.07, 6.45) is 6.33. The number of hydrogen-bond donors (Lipinski definition) is 0. The van der Waals surface area contributed by atoms with Gasteiger partial charge in [-0.25, -0.2) is 0 Å². The van der Waals surface area contributed by atoms with E-state index in [4.69, 9.17) is 4.74 Å². The third kappa shape index (κ3) is 4.36. The first-order chi connectivity index (χ1) is 12.3. The molecular weight excluding hydrogens is 334 g/mol. The van der Waals surface area contributed by atoms with E-state index in [1.807, 2.05) is 31.2 Å². The highest BCUT2D eigenvalue weighted by Gasteiger charge is 2.14. The topological polar surface area (TPSA) is 65.7 Å². The summed E-state index contributed by atoms with van der Waals surface area (Å²) in [6.45, 7) is 5.64. The van der Waals surface area contributed by atoms with E-state index in [9.17, 15) is 0 Å². The molecule has 0 spiro atoms. The van der Waals surface area contributed by atoms with Crippen LogP contribution in [-0.2, 0) is 12.3 Å². The number of hydrogen-bond acceptors (Lipinski definition) is 6. The van der Waals surface area contributed by atoms with E-state index in [1.54, 1.807) is 30.4 Å². The molecular formula is C18H21N5OS. The zero-order valence-electron chi connectivity index (χ0n) is 14.4. The van der Waals surface area contributed by atoms with Crippen LogP contribution in [0, 0.1) is 0 Å². The van der Waals surface area contributed by atoms with Crippen LogP contribution in [0.5, 0.6) is 5.75 Å². The smallest absolute Gasteiger partial charge is 0.191 e. The summed E-state index contributed by atoms with van der Waals surface area (Å²) < 4.78 is 7.59. The summed E-state index contributed by atoms with van der Waals surface area (Å²) in [6, 6.07) is 7.85. The fraction of sp³-hybridized carbons (Fsp3) is 0.333. The van der Waals surface area contributed by atoms with E-state index in [0.717, 1.165) is 46.7 Å². The lowest BCUT2D eigenvalue weighted by Gasteiger charge is -2.09. The molecule has 0 fully saturated rings. The molecule has 0 N–H and O–H groups in total. The predicted octanol–water partition coefficient (Wildman–Crippen LogP) is 3.84. The molecule has 0 atom stereocenters. The molecule has 3 heterocycles. The number of aromatic nitrogens is 5. The zero-order valence-corrected chi connectivity index (χ0v) is 15.2. The maximum atomic E-state index is 5.43. The molecule has 3 aromatic heterocycles.